The van der Waals surface area contributed by atoms with Gasteiger partial charge in [0.25, 0.3) is 0 Å². The molecule has 0 saturated heterocycles. The number of aliphatic carboxylic acids is 1. The minimum Gasteiger partial charge on any atom is -0.481 e. The van der Waals surface area contributed by atoms with Gasteiger partial charge in [-0.3, -0.25) is 4.79 Å². The van der Waals surface area contributed by atoms with Crippen LogP contribution < -0.4 is 5.32 Å². The van der Waals surface area contributed by atoms with E-state index >= 15 is 0 Å². The zero-order chi connectivity index (χ0) is 7.28. The van der Waals surface area contributed by atoms with E-state index in [1.54, 1.807) is 0 Å². The molecule has 0 aromatic heterocycles. The van der Waals surface area contributed by atoms with Gasteiger partial charge in [0, 0.05) is 6.42 Å². The van der Waals surface area contributed by atoms with Gasteiger partial charge in [0.1, 0.15) is 0 Å². The molecule has 54 valence electrons. The zero-order valence-electron chi connectivity index (χ0n) is 5.85. The number of carboxylic acid groups (broad SMARTS) is 1. The Hall–Kier alpha value is -0.570. The lowest BCUT2D eigenvalue weighted by molar-refractivity contribution is -0.137. The van der Waals surface area contributed by atoms with Crippen molar-refractivity contribution in [2.24, 2.45) is 5.92 Å². The summed E-state index contributed by atoms with van der Waals surface area (Å²) in [4.78, 5) is 10.1. The standard InChI is InChI=1S/C6H13NO2/c1-5(4-7-2)3-6(8)9/h5,7H,3-4H2,1-2H3,(H,8,9)/t5-/m0/s1. The van der Waals surface area contributed by atoms with E-state index in [4.69, 9.17) is 5.11 Å². The molecule has 1 atom stereocenters. The first-order valence-corrected chi connectivity index (χ1v) is 3.03. The van der Waals surface area contributed by atoms with Crippen molar-refractivity contribution in [3.8, 4) is 0 Å². The van der Waals surface area contributed by atoms with Crippen LogP contribution in [-0.2, 0) is 4.79 Å². The van der Waals surface area contributed by atoms with Crippen molar-refractivity contribution in [2.75, 3.05) is 13.6 Å². The predicted molar refractivity (Wildman–Crippen MR) is 35.3 cm³/mol. The van der Waals surface area contributed by atoms with Gasteiger partial charge in [0.2, 0.25) is 0 Å². The molecule has 0 aromatic rings. The largest absolute Gasteiger partial charge is 0.481 e. The average molecular weight is 131 g/mol. The van der Waals surface area contributed by atoms with Gasteiger partial charge in [-0.25, -0.2) is 0 Å². The van der Waals surface area contributed by atoms with Crippen molar-refractivity contribution >= 4 is 5.97 Å². The van der Waals surface area contributed by atoms with E-state index in [0.29, 0.717) is 0 Å². The van der Waals surface area contributed by atoms with E-state index in [0.717, 1.165) is 6.54 Å². The molecule has 9 heavy (non-hydrogen) atoms. The molecule has 3 nitrogen and oxygen atoms in total. The fourth-order valence-corrected chi connectivity index (χ4v) is 0.719. The highest BCUT2D eigenvalue weighted by Crippen LogP contribution is 1.97. The Morgan fingerprint density at radius 2 is 2.33 bits per heavy atom. The molecule has 0 unspecified atom stereocenters. The molecule has 2 N–H and O–H groups in total. The molecule has 0 amide bonds. The van der Waals surface area contributed by atoms with Crippen molar-refractivity contribution in [3.63, 3.8) is 0 Å². The number of hydrogen-bond donors (Lipinski definition) is 2. The lowest BCUT2D eigenvalue weighted by Crippen LogP contribution is -2.18. The Morgan fingerprint density at radius 3 is 2.67 bits per heavy atom. The summed E-state index contributed by atoms with van der Waals surface area (Å²) in [7, 11) is 1.82. The quantitative estimate of drug-likeness (QED) is 0.577. The van der Waals surface area contributed by atoms with Crippen LogP contribution in [0.15, 0.2) is 0 Å². The molecule has 0 aliphatic heterocycles. The lowest BCUT2D eigenvalue weighted by Gasteiger charge is -2.05. The molecule has 0 radical (unpaired) electrons. The number of nitrogens with one attached hydrogen (secondary N) is 1. The highest BCUT2D eigenvalue weighted by Gasteiger charge is 2.04. The second-order valence-corrected chi connectivity index (χ2v) is 2.26. The van der Waals surface area contributed by atoms with E-state index in [9.17, 15) is 4.79 Å². The van der Waals surface area contributed by atoms with E-state index in [1.165, 1.54) is 0 Å². The maximum atomic E-state index is 10.1. The van der Waals surface area contributed by atoms with Gasteiger partial charge in [-0.05, 0) is 19.5 Å². The van der Waals surface area contributed by atoms with Gasteiger partial charge in [-0.15, -0.1) is 0 Å². The van der Waals surface area contributed by atoms with Crippen molar-refractivity contribution < 1.29 is 9.90 Å². The first-order chi connectivity index (χ1) is 4.16. The first kappa shape index (κ1) is 8.43. The monoisotopic (exact) mass is 131 g/mol. The highest BCUT2D eigenvalue weighted by molar-refractivity contribution is 5.66. The van der Waals surface area contributed by atoms with Crippen LogP contribution in [-0.4, -0.2) is 24.7 Å². The van der Waals surface area contributed by atoms with Crippen LogP contribution in [0.3, 0.4) is 0 Å². The molecule has 0 saturated carbocycles. The van der Waals surface area contributed by atoms with Crippen molar-refractivity contribution in [1.29, 1.82) is 0 Å². The van der Waals surface area contributed by atoms with Crippen molar-refractivity contribution in [3.05, 3.63) is 0 Å². The van der Waals surface area contributed by atoms with Crippen molar-refractivity contribution in [2.45, 2.75) is 13.3 Å². The zero-order valence-corrected chi connectivity index (χ0v) is 5.85. The minimum atomic E-state index is -0.724. The maximum absolute atomic E-state index is 10.1. The summed E-state index contributed by atoms with van der Waals surface area (Å²) < 4.78 is 0. The number of rotatable bonds is 4. The Morgan fingerprint density at radius 1 is 1.78 bits per heavy atom. The Balaban J connectivity index is 3.26. The van der Waals surface area contributed by atoms with Crippen LogP contribution in [0.25, 0.3) is 0 Å². The predicted octanol–water partition coefficient (Wildman–Crippen LogP) is 0.317. The summed E-state index contributed by atoms with van der Waals surface area (Å²) in [6.45, 7) is 2.68. The summed E-state index contributed by atoms with van der Waals surface area (Å²) >= 11 is 0. The fraction of sp³-hybridized carbons (Fsp3) is 0.833. The fourth-order valence-electron chi connectivity index (χ4n) is 0.719. The van der Waals surface area contributed by atoms with Gasteiger partial charge >= 0.3 is 5.97 Å². The molecule has 0 bridgehead atoms. The summed E-state index contributed by atoms with van der Waals surface area (Å²) in [5.41, 5.74) is 0. The second-order valence-electron chi connectivity index (χ2n) is 2.26. The lowest BCUT2D eigenvalue weighted by atomic mass is 10.1. The molecule has 0 aliphatic rings. The van der Waals surface area contributed by atoms with Crippen molar-refractivity contribution in [1.82, 2.24) is 5.32 Å². The molecule has 0 spiro atoms. The van der Waals surface area contributed by atoms with Crippen LogP contribution in [0, 0.1) is 5.92 Å². The SMILES string of the molecule is CNC[C@@H](C)CC(=O)O. The summed E-state index contributed by atoms with van der Waals surface area (Å²) in [5, 5.41) is 11.2. The van der Waals surface area contributed by atoms with E-state index in [-0.39, 0.29) is 12.3 Å². The molecular weight excluding hydrogens is 118 g/mol. The Labute approximate surface area is 55.1 Å². The minimum absolute atomic E-state index is 0.229. The topological polar surface area (TPSA) is 49.3 Å². The molecule has 0 fully saturated rings. The Bertz CT molecular complexity index is 93.1. The molecule has 3 heteroatoms. The van der Waals surface area contributed by atoms with Gasteiger partial charge in [0.15, 0.2) is 0 Å². The molecule has 0 heterocycles. The average Bonchev–Trinajstić information content (AvgIpc) is 1.63. The van der Waals surface area contributed by atoms with Gasteiger partial charge in [-0.1, -0.05) is 6.92 Å². The summed E-state index contributed by atoms with van der Waals surface area (Å²) in [6, 6.07) is 0. The van der Waals surface area contributed by atoms with E-state index < -0.39 is 5.97 Å². The van der Waals surface area contributed by atoms with E-state index in [1.807, 2.05) is 14.0 Å². The normalized spacial score (nSPS) is 13.1. The summed E-state index contributed by atoms with van der Waals surface area (Å²) in [5.74, 6) is -0.495. The van der Waals surface area contributed by atoms with Gasteiger partial charge < -0.3 is 10.4 Å². The Kier molecular flexibility index (Phi) is 4.05. The third-order valence-corrected chi connectivity index (χ3v) is 1.08. The maximum Gasteiger partial charge on any atom is 0.303 e. The van der Waals surface area contributed by atoms with Crippen LogP contribution in [0.5, 0.6) is 0 Å². The van der Waals surface area contributed by atoms with E-state index in [2.05, 4.69) is 5.32 Å². The van der Waals surface area contributed by atoms with Crippen LogP contribution in [0.2, 0.25) is 0 Å². The molecule has 0 aromatic carbocycles. The molecule has 0 rings (SSSR count). The summed E-state index contributed by atoms with van der Waals surface area (Å²) in [6.07, 6.45) is 0.251. The second kappa shape index (κ2) is 4.32. The number of carbonyl (C=O) groups is 1. The smallest absolute Gasteiger partial charge is 0.303 e. The van der Waals surface area contributed by atoms with Crippen LogP contribution in [0.1, 0.15) is 13.3 Å². The first-order valence-electron chi connectivity index (χ1n) is 3.03. The molecular formula is C6H13NO2. The third-order valence-electron chi connectivity index (χ3n) is 1.08. The van der Waals surface area contributed by atoms with Crippen LogP contribution >= 0.6 is 0 Å². The highest BCUT2D eigenvalue weighted by atomic mass is 16.4. The number of carboxylic acids is 1. The third kappa shape index (κ3) is 5.30. The molecule has 0 aliphatic carbocycles. The van der Waals surface area contributed by atoms with Crippen LogP contribution in [0.4, 0.5) is 0 Å². The van der Waals surface area contributed by atoms with Gasteiger partial charge in [-0.2, -0.15) is 0 Å². The van der Waals surface area contributed by atoms with Gasteiger partial charge in [0.05, 0.1) is 0 Å². The number of hydrogen-bond acceptors (Lipinski definition) is 2.